The summed E-state index contributed by atoms with van der Waals surface area (Å²) in [6, 6.07) is 120. The minimum atomic E-state index is -3.56. The summed E-state index contributed by atoms with van der Waals surface area (Å²) >= 11 is 0. The Bertz CT molecular complexity index is 2640. The number of hydrogen-bond donors (Lipinski definition) is 0. The quantitative estimate of drug-likeness (QED) is 0.141. The third kappa shape index (κ3) is 8.45. The smallest absolute Gasteiger partial charge is 0.241 e. The summed E-state index contributed by atoms with van der Waals surface area (Å²) in [5.41, 5.74) is 0. The third-order valence-electron chi connectivity index (χ3n) is 13.4. The van der Waals surface area contributed by atoms with Gasteiger partial charge in [0.25, 0.3) is 0 Å². The van der Waals surface area contributed by atoms with Crippen molar-refractivity contribution >= 4 is 89.8 Å². The Labute approximate surface area is 427 Å². The zero-order chi connectivity index (χ0) is 43.8. The van der Waals surface area contributed by atoms with Crippen LogP contribution in [0.3, 0.4) is 0 Å². The van der Waals surface area contributed by atoms with Gasteiger partial charge in [-0.05, 0) is 14.2 Å². The van der Waals surface area contributed by atoms with E-state index in [1.165, 1.54) is 51.9 Å². The fourth-order valence-electron chi connectivity index (χ4n) is 11.2. The van der Waals surface area contributed by atoms with E-state index in [2.05, 4.69) is 303 Å². The molecule has 0 spiro atoms. The van der Waals surface area contributed by atoms with Gasteiger partial charge in [-0.15, -0.1) is 0 Å². The zero-order valence-corrected chi connectivity index (χ0v) is 43.4. The van der Waals surface area contributed by atoms with E-state index in [1.54, 1.807) is 0 Å². The molecular weight excluding hydrogens is 875 g/mol. The molecule has 0 heterocycles. The van der Waals surface area contributed by atoms with E-state index in [4.69, 9.17) is 0 Å². The Morgan fingerprint density at radius 2 is 0.328 bits per heavy atom. The van der Waals surface area contributed by atoms with Crippen molar-refractivity contribution in [2.24, 2.45) is 0 Å². The topological polar surface area (TPSA) is 0 Å². The molecule has 0 aliphatic carbocycles. The molecular formula is C60H50Li2Si5. The van der Waals surface area contributed by atoms with Gasteiger partial charge in [-0.1, -0.05) is 334 Å². The molecule has 10 rings (SSSR count). The van der Waals surface area contributed by atoms with Crippen molar-refractivity contribution in [1.82, 2.24) is 0 Å². The molecule has 0 saturated heterocycles. The van der Waals surface area contributed by atoms with E-state index in [9.17, 15) is 0 Å². The predicted octanol–water partition coefficient (Wildman–Crippen LogP) is 0.716. The fraction of sp³-hybridized carbons (Fsp3) is 0. The van der Waals surface area contributed by atoms with Crippen LogP contribution in [-0.2, 0) is 0 Å². The van der Waals surface area contributed by atoms with Gasteiger partial charge in [0.1, 0.15) is 0 Å². The third-order valence-corrected chi connectivity index (χ3v) is 75.6. The molecule has 0 radical (unpaired) electrons. The maximum Gasteiger partial charge on any atom is 1.00 e. The molecule has 67 heavy (non-hydrogen) atoms. The fourth-order valence-corrected chi connectivity index (χ4v) is 105. The van der Waals surface area contributed by atoms with Crippen molar-refractivity contribution in [3.8, 4) is 0 Å². The Kier molecular flexibility index (Phi) is 15.8. The zero-order valence-electron chi connectivity index (χ0n) is 38.4. The van der Waals surface area contributed by atoms with Gasteiger partial charge in [0, 0.05) is 0 Å². The summed E-state index contributed by atoms with van der Waals surface area (Å²) in [4.78, 5) is 0. The van der Waals surface area contributed by atoms with Crippen LogP contribution in [0.25, 0.3) is 0 Å². The molecule has 0 bridgehead atoms. The molecule has 0 amide bonds. The van der Waals surface area contributed by atoms with Crippen LogP contribution in [0.2, 0.25) is 0 Å². The minimum Gasteiger partial charge on any atom is -0.241 e. The van der Waals surface area contributed by atoms with Crippen LogP contribution in [0.15, 0.2) is 303 Å². The molecule has 0 fully saturated rings. The normalized spacial score (nSPS) is 11.3. The van der Waals surface area contributed by atoms with Gasteiger partial charge in [0.05, 0.1) is 7.11 Å². The van der Waals surface area contributed by atoms with Crippen molar-refractivity contribution in [2.45, 2.75) is 0 Å². The van der Waals surface area contributed by atoms with Gasteiger partial charge in [0.15, 0.2) is 0 Å². The van der Waals surface area contributed by atoms with Gasteiger partial charge < -0.3 is 0 Å². The Balaban J connectivity index is 0.00000304. The first-order valence-corrected chi connectivity index (χ1v) is 35.6. The second-order valence-corrected chi connectivity index (χ2v) is 49.4. The minimum absolute atomic E-state index is 0. The summed E-state index contributed by atoms with van der Waals surface area (Å²) in [7, 11) is -14.0. The maximum absolute atomic E-state index is 3.56. The number of rotatable bonds is 14. The van der Waals surface area contributed by atoms with E-state index in [0.29, 0.717) is 0 Å². The van der Waals surface area contributed by atoms with Crippen LogP contribution in [0.5, 0.6) is 0 Å². The summed E-state index contributed by atoms with van der Waals surface area (Å²) in [6.07, 6.45) is 0. The van der Waals surface area contributed by atoms with Crippen LogP contribution in [0.4, 0.5) is 0 Å². The van der Waals surface area contributed by atoms with Gasteiger partial charge in [-0.25, -0.2) is 16.6 Å². The van der Waals surface area contributed by atoms with E-state index >= 15 is 0 Å². The second-order valence-electron chi connectivity index (χ2n) is 16.7. The molecule has 0 aliphatic rings. The first-order chi connectivity index (χ1) is 32.3. The molecule has 10 aromatic rings. The molecule has 0 saturated carbocycles. The summed E-state index contributed by atoms with van der Waals surface area (Å²) in [6.45, 7) is 0. The first kappa shape index (κ1) is 48.0. The largest absolute Gasteiger partial charge is 1.00 e. The first-order valence-electron chi connectivity index (χ1n) is 22.6. The predicted molar refractivity (Wildman–Crippen MR) is 290 cm³/mol. The van der Waals surface area contributed by atoms with E-state index in [0.717, 1.165) is 0 Å². The molecule has 0 unspecified atom stereocenters. The molecule has 0 atom stereocenters. The second kappa shape index (κ2) is 22.1. The molecule has 0 aliphatic heterocycles. The van der Waals surface area contributed by atoms with Crippen LogP contribution in [-0.4, -0.2) is 38.0 Å². The van der Waals surface area contributed by atoms with Crippen LogP contribution < -0.4 is 89.6 Å². The number of benzene rings is 10. The van der Waals surface area contributed by atoms with Gasteiger partial charge >= 0.3 is 37.7 Å². The summed E-state index contributed by atoms with van der Waals surface area (Å²) < 4.78 is 0. The Morgan fingerprint density at radius 3 is 0.507 bits per heavy atom. The molecule has 10 aromatic carbocycles. The molecule has 0 aromatic heterocycles. The van der Waals surface area contributed by atoms with Gasteiger partial charge in [-0.3, -0.25) is 0 Å². The number of hydrogen-bond acceptors (Lipinski definition) is 0. The van der Waals surface area contributed by atoms with Crippen molar-refractivity contribution in [1.29, 1.82) is 0 Å². The van der Waals surface area contributed by atoms with E-state index in [1.807, 2.05) is 0 Å². The van der Waals surface area contributed by atoms with E-state index < -0.39 is 38.0 Å². The summed E-state index contributed by atoms with van der Waals surface area (Å²) in [5.74, 6) is 0. The average Bonchev–Trinajstić information content (AvgIpc) is 3.41. The summed E-state index contributed by atoms with van der Waals surface area (Å²) in [5, 5.41) is 14.9. The Hall–Kier alpha value is -5.52. The average molecular weight is 925 g/mol. The standard InChI is InChI=1S/C60H50Si5.2Li/c1-11-31-51(32-12-1)61(52-33-13-2-14-34-52)63(55-39-19-5-20-40-55,56-41-21-6-22-42-56)65(59-47-27-9-28-48-59,60-49-29-10-30-50-60)64(57-43-23-7-24-44-57,58-45-25-8-26-46-58)62(53-35-15-3-16-36-53)54-37-17-4-18-38-54;;/h1-50H;;/q-2;2*+1. The van der Waals surface area contributed by atoms with Gasteiger partial charge in [0.2, 0.25) is 0 Å². The van der Waals surface area contributed by atoms with Crippen molar-refractivity contribution in [3.05, 3.63) is 303 Å². The molecule has 0 nitrogen and oxygen atoms in total. The van der Waals surface area contributed by atoms with Crippen molar-refractivity contribution in [2.75, 3.05) is 0 Å². The Morgan fingerprint density at radius 1 is 0.179 bits per heavy atom. The van der Waals surface area contributed by atoms with Gasteiger partial charge in [-0.2, -0.15) is 20.7 Å². The molecule has 7 heteroatoms. The molecule has 0 N–H and O–H groups in total. The van der Waals surface area contributed by atoms with E-state index in [-0.39, 0.29) is 37.7 Å². The van der Waals surface area contributed by atoms with Crippen molar-refractivity contribution in [3.63, 3.8) is 0 Å². The van der Waals surface area contributed by atoms with Crippen LogP contribution in [0.1, 0.15) is 0 Å². The monoisotopic (exact) mass is 924 g/mol. The van der Waals surface area contributed by atoms with Crippen LogP contribution in [0, 0.1) is 0 Å². The van der Waals surface area contributed by atoms with Crippen molar-refractivity contribution < 1.29 is 37.7 Å². The molecule has 312 valence electrons. The SMILES string of the molecule is [Li+].[Li+].c1ccc([Si-](c2ccccc2)[Si](c2ccccc2)(c2ccccc2)[Si](c2ccccc2)(c2ccccc2)[Si](c2ccccc2)(c2ccccc2)[Si-](c2ccccc2)c2ccccc2)cc1. The maximum atomic E-state index is 2.59. The van der Waals surface area contributed by atoms with Crippen LogP contribution >= 0.6 is 0 Å².